The second kappa shape index (κ2) is 6.75. The Labute approximate surface area is 168 Å². The van der Waals surface area contributed by atoms with E-state index in [-0.39, 0.29) is 0 Å². The SMILES string of the molecule is CC1c2ccccc2OP1(C1=CC=CCC1)(C1=CC=CCC1)C1=CC=CCC1. The molecule has 4 aliphatic rings. The third kappa shape index (κ3) is 2.23. The van der Waals surface area contributed by atoms with Gasteiger partial charge in [-0.05, 0) is 0 Å². The van der Waals surface area contributed by atoms with E-state index in [9.17, 15) is 0 Å². The summed E-state index contributed by atoms with van der Waals surface area (Å²) in [7, 11) is 0. The Balaban J connectivity index is 1.89. The summed E-state index contributed by atoms with van der Waals surface area (Å²) in [6.45, 7) is -0.533. The zero-order valence-corrected chi connectivity index (χ0v) is 17.6. The van der Waals surface area contributed by atoms with Crippen LogP contribution in [0.5, 0.6) is 5.75 Å². The molecule has 0 fully saturated rings. The van der Waals surface area contributed by atoms with Crippen molar-refractivity contribution in [2.45, 2.75) is 51.1 Å². The first kappa shape index (κ1) is 18.0. The molecule has 0 N–H and O–H groups in total. The molecule has 1 atom stereocenters. The third-order valence-corrected chi connectivity index (χ3v) is 14.0. The van der Waals surface area contributed by atoms with Gasteiger partial charge in [-0.15, -0.1) is 0 Å². The van der Waals surface area contributed by atoms with Crippen LogP contribution in [0, 0.1) is 0 Å². The van der Waals surface area contributed by atoms with Gasteiger partial charge in [-0.3, -0.25) is 0 Å². The average molecular weight is 388 g/mol. The van der Waals surface area contributed by atoms with E-state index in [4.69, 9.17) is 4.52 Å². The van der Waals surface area contributed by atoms with Gasteiger partial charge in [0.2, 0.25) is 0 Å². The molecule has 1 aliphatic heterocycles. The van der Waals surface area contributed by atoms with Crippen molar-refractivity contribution in [3.8, 4) is 5.75 Å². The zero-order valence-electron chi connectivity index (χ0n) is 16.7. The summed E-state index contributed by atoms with van der Waals surface area (Å²) in [5, 5.41) is 4.67. The van der Waals surface area contributed by atoms with Gasteiger partial charge in [-0.2, -0.15) is 0 Å². The van der Waals surface area contributed by atoms with Crippen molar-refractivity contribution in [1.29, 1.82) is 0 Å². The molecule has 2 heteroatoms. The molecule has 0 aromatic heterocycles. The van der Waals surface area contributed by atoms with Crippen molar-refractivity contribution in [1.82, 2.24) is 0 Å². The molecular formula is C26H29OP. The summed E-state index contributed by atoms with van der Waals surface area (Å²) in [5.74, 6) is 1.11. The number of allylic oxidation sites excluding steroid dienone is 12. The minimum atomic E-state index is -2.98. The first-order valence-corrected chi connectivity index (χ1v) is 12.9. The summed E-state index contributed by atoms with van der Waals surface area (Å²) in [6.07, 6.45) is 27.6. The van der Waals surface area contributed by atoms with E-state index in [2.05, 4.69) is 85.9 Å². The van der Waals surface area contributed by atoms with E-state index >= 15 is 0 Å². The molecule has 1 nitrogen and oxygen atoms in total. The molecule has 0 bridgehead atoms. The van der Waals surface area contributed by atoms with Gasteiger partial charge >= 0.3 is 169 Å². The van der Waals surface area contributed by atoms with Gasteiger partial charge in [-0.1, -0.05) is 0 Å². The fourth-order valence-corrected chi connectivity index (χ4v) is 13.1. The van der Waals surface area contributed by atoms with Crippen LogP contribution in [0.15, 0.2) is 94.9 Å². The van der Waals surface area contributed by atoms with Gasteiger partial charge in [0.15, 0.2) is 0 Å². The fraction of sp³-hybridized carbons (Fsp3) is 0.308. The molecule has 0 amide bonds. The van der Waals surface area contributed by atoms with Gasteiger partial charge in [0.05, 0.1) is 0 Å². The predicted molar refractivity (Wildman–Crippen MR) is 122 cm³/mol. The Hall–Kier alpha value is -2.11. The number of para-hydroxylation sites is 1. The van der Waals surface area contributed by atoms with Crippen LogP contribution < -0.4 is 4.52 Å². The number of rotatable bonds is 3. The zero-order chi connectivity index (χ0) is 19.1. The summed E-state index contributed by atoms with van der Waals surface area (Å²) in [5.41, 5.74) is 1.76. The normalized spacial score (nSPS) is 28.2. The molecule has 144 valence electrons. The first-order valence-electron chi connectivity index (χ1n) is 10.7. The number of hydrogen-bond acceptors (Lipinski definition) is 1. The second-order valence-electron chi connectivity index (χ2n) is 8.28. The summed E-state index contributed by atoms with van der Waals surface area (Å²) in [4.78, 5) is 0. The fourth-order valence-electron chi connectivity index (χ4n) is 5.81. The van der Waals surface area contributed by atoms with Crippen LogP contribution in [-0.4, -0.2) is 0 Å². The van der Waals surface area contributed by atoms with Gasteiger partial charge in [-0.25, -0.2) is 0 Å². The van der Waals surface area contributed by atoms with E-state index < -0.39 is 6.83 Å². The molecule has 0 saturated heterocycles. The second-order valence-corrected chi connectivity index (χ2v) is 13.2. The average Bonchev–Trinajstić information content (AvgIpc) is 3.07. The Bertz CT molecular complexity index is 904. The van der Waals surface area contributed by atoms with Crippen LogP contribution in [0.4, 0.5) is 0 Å². The molecule has 0 saturated carbocycles. The Morgan fingerprint density at radius 2 is 1.25 bits per heavy atom. The van der Waals surface area contributed by atoms with Crippen molar-refractivity contribution >= 4 is 6.83 Å². The van der Waals surface area contributed by atoms with Crippen molar-refractivity contribution in [3.63, 3.8) is 0 Å². The molecule has 1 unspecified atom stereocenters. The van der Waals surface area contributed by atoms with Crippen molar-refractivity contribution in [2.75, 3.05) is 0 Å². The van der Waals surface area contributed by atoms with E-state index in [1.807, 2.05) is 0 Å². The molecule has 3 aliphatic carbocycles. The molecule has 1 aromatic carbocycles. The standard InChI is InChI=1S/C26H29OP/c1-21-25-19-11-12-20-26(25)27-28(21,22-13-5-2-6-14-22,23-15-7-3-8-16-23)24-17-9-4-10-18-24/h2-5,7,9,11-13,15,17,19-21H,6,8,10,14,16,18H2,1H3. The summed E-state index contributed by atoms with van der Waals surface area (Å²) in [6, 6.07) is 8.79. The number of hydrogen-bond donors (Lipinski definition) is 0. The molecular weight excluding hydrogens is 359 g/mol. The van der Waals surface area contributed by atoms with Crippen LogP contribution in [0.25, 0.3) is 0 Å². The molecule has 1 heterocycles. The molecule has 0 spiro atoms. The number of benzene rings is 1. The topological polar surface area (TPSA) is 9.23 Å². The Kier molecular flexibility index (Phi) is 4.33. The van der Waals surface area contributed by atoms with E-state index in [0.717, 1.165) is 44.3 Å². The van der Waals surface area contributed by atoms with Crippen LogP contribution in [0.3, 0.4) is 0 Å². The minimum absolute atomic E-state index is 0.371. The maximum absolute atomic E-state index is 7.44. The maximum atomic E-state index is 7.44. The first-order chi connectivity index (χ1) is 13.8. The van der Waals surface area contributed by atoms with E-state index in [1.54, 1.807) is 15.9 Å². The Morgan fingerprint density at radius 3 is 1.68 bits per heavy atom. The molecule has 28 heavy (non-hydrogen) atoms. The van der Waals surface area contributed by atoms with Gasteiger partial charge in [0.1, 0.15) is 0 Å². The van der Waals surface area contributed by atoms with Crippen LogP contribution >= 0.6 is 6.83 Å². The summed E-state index contributed by atoms with van der Waals surface area (Å²) >= 11 is 0. The van der Waals surface area contributed by atoms with Crippen LogP contribution in [0.2, 0.25) is 0 Å². The van der Waals surface area contributed by atoms with E-state index in [0.29, 0.717) is 5.66 Å². The van der Waals surface area contributed by atoms with Crippen molar-refractivity contribution < 1.29 is 4.52 Å². The molecule has 5 rings (SSSR count). The van der Waals surface area contributed by atoms with Gasteiger partial charge < -0.3 is 0 Å². The molecule has 0 radical (unpaired) electrons. The molecule has 1 aromatic rings. The predicted octanol–water partition coefficient (Wildman–Crippen LogP) is 8.31. The Morgan fingerprint density at radius 1 is 0.750 bits per heavy atom. The third-order valence-electron chi connectivity index (χ3n) is 7.08. The van der Waals surface area contributed by atoms with E-state index in [1.165, 1.54) is 5.56 Å². The van der Waals surface area contributed by atoms with Gasteiger partial charge in [0, 0.05) is 0 Å². The number of fused-ring (bicyclic) bond motifs is 1. The van der Waals surface area contributed by atoms with Gasteiger partial charge in [0.25, 0.3) is 0 Å². The van der Waals surface area contributed by atoms with Crippen molar-refractivity contribution in [2.24, 2.45) is 0 Å². The quantitative estimate of drug-likeness (QED) is 0.473. The summed E-state index contributed by atoms with van der Waals surface area (Å²) < 4.78 is 7.44. The van der Waals surface area contributed by atoms with Crippen LogP contribution in [0.1, 0.15) is 56.7 Å². The van der Waals surface area contributed by atoms with Crippen molar-refractivity contribution in [3.05, 3.63) is 100 Å². The monoisotopic (exact) mass is 388 g/mol. The van der Waals surface area contributed by atoms with Crippen LogP contribution in [-0.2, 0) is 0 Å².